The van der Waals surface area contributed by atoms with Crippen LogP contribution in [-0.4, -0.2) is 5.91 Å². The minimum atomic E-state index is 0.121. The third-order valence-electron chi connectivity index (χ3n) is 1.88. The molecule has 0 spiro atoms. The van der Waals surface area contributed by atoms with Gasteiger partial charge in [-0.25, -0.2) is 0 Å². The first-order valence-corrected chi connectivity index (χ1v) is 5.53. The van der Waals surface area contributed by atoms with Gasteiger partial charge in [-0.2, -0.15) is 0 Å². The summed E-state index contributed by atoms with van der Waals surface area (Å²) >= 11 is 3.36. The number of benzene rings is 1. The highest BCUT2D eigenvalue weighted by Gasteiger charge is 1.98. The molecule has 0 fully saturated rings. The van der Waals surface area contributed by atoms with Crippen LogP contribution in [-0.2, 0) is 11.3 Å². The van der Waals surface area contributed by atoms with Gasteiger partial charge in [-0.05, 0) is 24.1 Å². The number of hydrogen-bond acceptors (Lipinski definition) is 1. The van der Waals surface area contributed by atoms with Crippen molar-refractivity contribution >= 4 is 21.8 Å². The molecule has 0 saturated carbocycles. The molecule has 0 aliphatic rings. The standard InChI is InChI=1S/C11H14BrNO/c1-2-3-11(14)13-8-9-4-6-10(12)7-5-9/h4-7H,2-3,8H2,1H3,(H,13,14). The second-order valence-electron chi connectivity index (χ2n) is 3.15. The van der Waals surface area contributed by atoms with E-state index in [0.717, 1.165) is 16.5 Å². The summed E-state index contributed by atoms with van der Waals surface area (Å²) in [6, 6.07) is 7.94. The first kappa shape index (κ1) is 11.2. The molecule has 1 amide bonds. The van der Waals surface area contributed by atoms with E-state index in [9.17, 15) is 4.79 Å². The number of halogens is 1. The van der Waals surface area contributed by atoms with E-state index < -0.39 is 0 Å². The van der Waals surface area contributed by atoms with Gasteiger partial charge in [-0.3, -0.25) is 4.79 Å². The molecule has 0 bridgehead atoms. The molecule has 0 aromatic heterocycles. The lowest BCUT2D eigenvalue weighted by Gasteiger charge is -2.04. The summed E-state index contributed by atoms with van der Waals surface area (Å²) in [5, 5.41) is 2.87. The van der Waals surface area contributed by atoms with Crippen LogP contribution < -0.4 is 5.32 Å². The van der Waals surface area contributed by atoms with E-state index in [1.165, 1.54) is 0 Å². The number of carbonyl (C=O) groups is 1. The van der Waals surface area contributed by atoms with Crippen LogP contribution in [0, 0.1) is 0 Å². The van der Waals surface area contributed by atoms with Gasteiger partial charge in [0.1, 0.15) is 0 Å². The molecule has 0 unspecified atom stereocenters. The van der Waals surface area contributed by atoms with Crippen LogP contribution in [0.5, 0.6) is 0 Å². The van der Waals surface area contributed by atoms with E-state index >= 15 is 0 Å². The largest absolute Gasteiger partial charge is 0.352 e. The first-order valence-electron chi connectivity index (χ1n) is 4.73. The van der Waals surface area contributed by atoms with Gasteiger partial charge in [-0.1, -0.05) is 35.0 Å². The fourth-order valence-electron chi connectivity index (χ4n) is 1.12. The number of carbonyl (C=O) groups excluding carboxylic acids is 1. The Morgan fingerprint density at radius 3 is 2.57 bits per heavy atom. The Bertz CT molecular complexity index is 295. The molecule has 0 aliphatic heterocycles. The summed E-state index contributed by atoms with van der Waals surface area (Å²) in [6.07, 6.45) is 1.50. The van der Waals surface area contributed by atoms with E-state index in [4.69, 9.17) is 0 Å². The van der Waals surface area contributed by atoms with Crippen molar-refractivity contribution in [3.05, 3.63) is 34.3 Å². The van der Waals surface area contributed by atoms with Gasteiger partial charge < -0.3 is 5.32 Å². The van der Waals surface area contributed by atoms with Gasteiger partial charge in [0.05, 0.1) is 0 Å². The van der Waals surface area contributed by atoms with Crippen LogP contribution in [0.25, 0.3) is 0 Å². The third-order valence-corrected chi connectivity index (χ3v) is 2.41. The van der Waals surface area contributed by atoms with Gasteiger partial charge in [0, 0.05) is 17.4 Å². The quantitative estimate of drug-likeness (QED) is 0.881. The minimum absolute atomic E-state index is 0.121. The molecular weight excluding hydrogens is 242 g/mol. The van der Waals surface area contributed by atoms with Gasteiger partial charge >= 0.3 is 0 Å². The molecule has 3 heteroatoms. The number of nitrogens with one attached hydrogen (secondary N) is 1. The Balaban J connectivity index is 2.38. The first-order chi connectivity index (χ1) is 6.72. The molecular formula is C11H14BrNO. The maximum absolute atomic E-state index is 11.2. The van der Waals surface area contributed by atoms with Gasteiger partial charge in [-0.15, -0.1) is 0 Å². The zero-order chi connectivity index (χ0) is 10.4. The second-order valence-corrected chi connectivity index (χ2v) is 4.07. The van der Waals surface area contributed by atoms with Crippen molar-refractivity contribution in [2.45, 2.75) is 26.3 Å². The Kier molecular flexibility index (Phi) is 4.66. The summed E-state index contributed by atoms with van der Waals surface area (Å²) in [5.41, 5.74) is 1.12. The van der Waals surface area contributed by atoms with Gasteiger partial charge in [0.25, 0.3) is 0 Å². The lowest BCUT2D eigenvalue weighted by molar-refractivity contribution is -0.121. The van der Waals surface area contributed by atoms with Crippen molar-refractivity contribution in [1.29, 1.82) is 0 Å². The summed E-state index contributed by atoms with van der Waals surface area (Å²) < 4.78 is 1.06. The molecule has 1 aromatic rings. The van der Waals surface area contributed by atoms with Crippen LogP contribution in [0.3, 0.4) is 0 Å². The predicted molar refractivity (Wildman–Crippen MR) is 60.9 cm³/mol. The van der Waals surface area contributed by atoms with Crippen molar-refractivity contribution in [2.24, 2.45) is 0 Å². The lowest BCUT2D eigenvalue weighted by Crippen LogP contribution is -2.21. The summed E-state index contributed by atoms with van der Waals surface area (Å²) in [7, 11) is 0. The molecule has 0 saturated heterocycles. The number of amides is 1. The maximum Gasteiger partial charge on any atom is 0.220 e. The predicted octanol–water partition coefficient (Wildman–Crippen LogP) is 2.87. The van der Waals surface area contributed by atoms with Crippen LogP contribution in [0.1, 0.15) is 25.3 Å². The Labute approximate surface area is 92.8 Å². The lowest BCUT2D eigenvalue weighted by atomic mass is 10.2. The van der Waals surface area contributed by atoms with E-state index in [0.29, 0.717) is 13.0 Å². The number of rotatable bonds is 4. The van der Waals surface area contributed by atoms with Crippen LogP contribution in [0.2, 0.25) is 0 Å². The topological polar surface area (TPSA) is 29.1 Å². The molecule has 76 valence electrons. The maximum atomic E-state index is 11.2. The average Bonchev–Trinajstić information content (AvgIpc) is 2.17. The third kappa shape index (κ3) is 3.92. The minimum Gasteiger partial charge on any atom is -0.352 e. The summed E-state index contributed by atoms with van der Waals surface area (Å²) in [6.45, 7) is 2.62. The van der Waals surface area contributed by atoms with Crippen molar-refractivity contribution in [3.8, 4) is 0 Å². The smallest absolute Gasteiger partial charge is 0.220 e. The summed E-state index contributed by atoms with van der Waals surface area (Å²) in [4.78, 5) is 11.2. The Hall–Kier alpha value is -0.830. The SMILES string of the molecule is CCCC(=O)NCc1ccc(Br)cc1. The van der Waals surface area contributed by atoms with Crippen molar-refractivity contribution in [2.75, 3.05) is 0 Å². The monoisotopic (exact) mass is 255 g/mol. The van der Waals surface area contributed by atoms with Crippen molar-refractivity contribution in [1.82, 2.24) is 5.32 Å². The number of hydrogen-bond donors (Lipinski definition) is 1. The molecule has 1 aromatic carbocycles. The second kappa shape index (κ2) is 5.81. The van der Waals surface area contributed by atoms with E-state index in [1.807, 2.05) is 31.2 Å². The van der Waals surface area contributed by atoms with E-state index in [2.05, 4.69) is 21.2 Å². The zero-order valence-corrected chi connectivity index (χ0v) is 9.80. The van der Waals surface area contributed by atoms with Gasteiger partial charge in [0.2, 0.25) is 5.91 Å². The molecule has 1 N–H and O–H groups in total. The molecule has 0 radical (unpaired) electrons. The van der Waals surface area contributed by atoms with Crippen LogP contribution >= 0.6 is 15.9 Å². The van der Waals surface area contributed by atoms with Gasteiger partial charge in [0.15, 0.2) is 0 Å². The van der Waals surface area contributed by atoms with Crippen molar-refractivity contribution < 1.29 is 4.79 Å². The Morgan fingerprint density at radius 2 is 2.00 bits per heavy atom. The fraction of sp³-hybridized carbons (Fsp3) is 0.364. The molecule has 0 aliphatic carbocycles. The average molecular weight is 256 g/mol. The van der Waals surface area contributed by atoms with E-state index in [1.54, 1.807) is 0 Å². The van der Waals surface area contributed by atoms with Crippen LogP contribution in [0.4, 0.5) is 0 Å². The fourth-order valence-corrected chi connectivity index (χ4v) is 1.38. The zero-order valence-electron chi connectivity index (χ0n) is 8.22. The van der Waals surface area contributed by atoms with Crippen LogP contribution in [0.15, 0.2) is 28.7 Å². The van der Waals surface area contributed by atoms with E-state index in [-0.39, 0.29) is 5.91 Å². The summed E-state index contributed by atoms with van der Waals surface area (Å²) in [5.74, 6) is 0.121. The highest BCUT2D eigenvalue weighted by atomic mass is 79.9. The highest BCUT2D eigenvalue weighted by molar-refractivity contribution is 9.10. The molecule has 1 rings (SSSR count). The molecule has 0 heterocycles. The van der Waals surface area contributed by atoms with Crippen molar-refractivity contribution in [3.63, 3.8) is 0 Å². The molecule has 0 atom stereocenters. The Morgan fingerprint density at radius 1 is 1.36 bits per heavy atom. The normalized spacial score (nSPS) is 9.86. The molecule has 2 nitrogen and oxygen atoms in total. The highest BCUT2D eigenvalue weighted by Crippen LogP contribution is 2.10. The molecule has 14 heavy (non-hydrogen) atoms.